The summed E-state index contributed by atoms with van der Waals surface area (Å²) in [6.45, 7) is 10.2. The van der Waals surface area contributed by atoms with Crippen LogP contribution in [-0.4, -0.2) is 45.2 Å². The zero-order chi connectivity index (χ0) is 15.4. The summed E-state index contributed by atoms with van der Waals surface area (Å²) in [5, 5.41) is 9.29. The van der Waals surface area contributed by atoms with Crippen molar-refractivity contribution in [1.82, 2.24) is 14.5 Å². The molecule has 1 aromatic carbocycles. The second kappa shape index (κ2) is 6.72. The normalized spacial score (nSPS) is 11.4. The molecular weight excluding hydrogens is 266 g/mol. The largest absolute Gasteiger partial charge is 0.478 e. The van der Waals surface area contributed by atoms with Gasteiger partial charge in [-0.1, -0.05) is 26.8 Å². The average Bonchev–Trinajstić information content (AvgIpc) is 2.86. The summed E-state index contributed by atoms with van der Waals surface area (Å²) < 4.78 is 2.15. The molecule has 2 aromatic rings. The van der Waals surface area contributed by atoms with E-state index in [1.807, 2.05) is 6.07 Å². The molecule has 5 heteroatoms. The maximum atomic E-state index is 11.3. The van der Waals surface area contributed by atoms with E-state index < -0.39 is 5.97 Å². The van der Waals surface area contributed by atoms with Crippen molar-refractivity contribution >= 4 is 17.0 Å². The summed E-state index contributed by atoms with van der Waals surface area (Å²) in [6.07, 6.45) is 0.798. The molecule has 21 heavy (non-hydrogen) atoms. The Morgan fingerprint density at radius 2 is 2.00 bits per heavy atom. The highest BCUT2D eigenvalue weighted by molar-refractivity contribution is 6.01. The van der Waals surface area contributed by atoms with Crippen molar-refractivity contribution < 1.29 is 9.90 Å². The van der Waals surface area contributed by atoms with Crippen LogP contribution in [0.5, 0.6) is 0 Å². The number of nitrogens with zero attached hydrogens (tertiary/aromatic N) is 3. The van der Waals surface area contributed by atoms with Gasteiger partial charge in [-0.15, -0.1) is 0 Å². The summed E-state index contributed by atoms with van der Waals surface area (Å²) in [4.78, 5) is 18.2. The monoisotopic (exact) mass is 289 g/mol. The molecule has 0 amide bonds. The quantitative estimate of drug-likeness (QED) is 0.851. The molecule has 0 saturated heterocycles. The third-order valence-corrected chi connectivity index (χ3v) is 3.94. The summed E-state index contributed by atoms with van der Waals surface area (Å²) in [5.41, 5.74) is 1.80. The Morgan fingerprint density at radius 1 is 1.29 bits per heavy atom. The SMILES string of the molecule is CCc1nc2c(C(=O)O)cccc2n1CCN(CC)CC. The van der Waals surface area contributed by atoms with Gasteiger partial charge in [-0.05, 0) is 25.2 Å². The molecule has 2 rings (SSSR count). The second-order valence-electron chi connectivity index (χ2n) is 5.04. The first kappa shape index (κ1) is 15.5. The number of aryl methyl sites for hydroxylation is 1. The molecule has 0 radical (unpaired) electrons. The van der Waals surface area contributed by atoms with Gasteiger partial charge in [0, 0.05) is 19.5 Å². The number of fused-ring (bicyclic) bond motifs is 1. The first-order chi connectivity index (χ1) is 10.1. The van der Waals surface area contributed by atoms with Crippen LogP contribution in [-0.2, 0) is 13.0 Å². The number of hydrogen-bond donors (Lipinski definition) is 1. The molecule has 0 atom stereocenters. The number of rotatable bonds is 7. The summed E-state index contributed by atoms with van der Waals surface area (Å²) in [6, 6.07) is 5.36. The van der Waals surface area contributed by atoms with Crippen molar-refractivity contribution in [2.24, 2.45) is 0 Å². The highest BCUT2D eigenvalue weighted by Gasteiger charge is 2.16. The molecule has 1 heterocycles. The zero-order valence-electron chi connectivity index (χ0n) is 13.0. The highest BCUT2D eigenvalue weighted by atomic mass is 16.4. The summed E-state index contributed by atoms with van der Waals surface area (Å²) in [5.74, 6) is 0.0301. The van der Waals surface area contributed by atoms with E-state index in [4.69, 9.17) is 0 Å². The number of likely N-dealkylation sites (N-methyl/N-ethyl adjacent to an activating group) is 1. The van der Waals surface area contributed by atoms with Gasteiger partial charge >= 0.3 is 5.97 Å². The van der Waals surface area contributed by atoms with Gasteiger partial charge in [0.1, 0.15) is 11.3 Å². The number of carboxylic acid groups (broad SMARTS) is 1. The maximum Gasteiger partial charge on any atom is 0.337 e. The van der Waals surface area contributed by atoms with Crippen LogP contribution in [0.2, 0.25) is 0 Å². The van der Waals surface area contributed by atoms with Gasteiger partial charge in [0.05, 0.1) is 11.1 Å². The molecule has 0 saturated carbocycles. The van der Waals surface area contributed by atoms with Crippen LogP contribution < -0.4 is 0 Å². The lowest BCUT2D eigenvalue weighted by molar-refractivity contribution is 0.0699. The Balaban J connectivity index is 2.42. The van der Waals surface area contributed by atoms with Gasteiger partial charge in [0.25, 0.3) is 0 Å². The minimum Gasteiger partial charge on any atom is -0.478 e. The summed E-state index contributed by atoms with van der Waals surface area (Å²) >= 11 is 0. The topological polar surface area (TPSA) is 58.4 Å². The van der Waals surface area contributed by atoms with Gasteiger partial charge < -0.3 is 14.6 Å². The first-order valence-electron chi connectivity index (χ1n) is 7.56. The highest BCUT2D eigenvalue weighted by Crippen LogP contribution is 2.21. The standard InChI is InChI=1S/C16H23N3O2/c1-4-14-17-15-12(16(20)21)8-7-9-13(15)19(14)11-10-18(5-2)6-3/h7-9H,4-6,10-11H2,1-3H3,(H,20,21). The summed E-state index contributed by atoms with van der Waals surface area (Å²) in [7, 11) is 0. The van der Waals surface area contributed by atoms with E-state index >= 15 is 0 Å². The van der Waals surface area contributed by atoms with Crippen molar-refractivity contribution in [3.63, 3.8) is 0 Å². The molecule has 0 spiro atoms. The van der Waals surface area contributed by atoms with Gasteiger partial charge in [0.2, 0.25) is 0 Å². The molecule has 0 aliphatic carbocycles. The van der Waals surface area contributed by atoms with E-state index in [-0.39, 0.29) is 5.56 Å². The molecule has 0 bridgehead atoms. The lowest BCUT2D eigenvalue weighted by atomic mass is 10.2. The number of benzene rings is 1. The Hall–Kier alpha value is -1.88. The molecule has 114 valence electrons. The van der Waals surface area contributed by atoms with Gasteiger partial charge in [0.15, 0.2) is 0 Å². The van der Waals surface area contributed by atoms with Crippen LogP contribution in [0.4, 0.5) is 0 Å². The number of aromatic carboxylic acids is 1. The van der Waals surface area contributed by atoms with Crippen LogP contribution >= 0.6 is 0 Å². The van der Waals surface area contributed by atoms with E-state index in [1.165, 1.54) is 0 Å². The third-order valence-electron chi connectivity index (χ3n) is 3.94. The lowest BCUT2D eigenvalue weighted by Gasteiger charge is -2.19. The van der Waals surface area contributed by atoms with Crippen LogP contribution in [0.1, 0.15) is 37.0 Å². The van der Waals surface area contributed by atoms with E-state index in [9.17, 15) is 9.90 Å². The number of carboxylic acids is 1. The number of imidazole rings is 1. The van der Waals surface area contributed by atoms with Crippen molar-refractivity contribution in [2.45, 2.75) is 33.7 Å². The van der Waals surface area contributed by atoms with E-state index in [0.717, 1.165) is 43.9 Å². The molecule has 0 fully saturated rings. The maximum absolute atomic E-state index is 11.3. The van der Waals surface area contributed by atoms with Crippen molar-refractivity contribution in [3.8, 4) is 0 Å². The molecule has 0 aliphatic heterocycles. The third kappa shape index (κ3) is 3.08. The fraction of sp³-hybridized carbons (Fsp3) is 0.500. The predicted molar refractivity (Wildman–Crippen MR) is 83.9 cm³/mol. The molecular formula is C16H23N3O2. The van der Waals surface area contributed by atoms with Crippen LogP contribution in [0, 0.1) is 0 Å². The van der Waals surface area contributed by atoms with Crippen LogP contribution in [0.15, 0.2) is 18.2 Å². The fourth-order valence-corrected chi connectivity index (χ4v) is 2.67. The molecule has 5 nitrogen and oxygen atoms in total. The van der Waals surface area contributed by atoms with Gasteiger partial charge in [-0.2, -0.15) is 0 Å². The minimum absolute atomic E-state index is 0.281. The number of aromatic nitrogens is 2. The Kier molecular flexibility index (Phi) is 4.96. The second-order valence-corrected chi connectivity index (χ2v) is 5.04. The minimum atomic E-state index is -0.920. The van der Waals surface area contributed by atoms with Crippen LogP contribution in [0.25, 0.3) is 11.0 Å². The van der Waals surface area contributed by atoms with Gasteiger partial charge in [-0.25, -0.2) is 9.78 Å². The van der Waals surface area contributed by atoms with Crippen molar-refractivity contribution in [1.29, 1.82) is 0 Å². The fourth-order valence-electron chi connectivity index (χ4n) is 2.67. The smallest absolute Gasteiger partial charge is 0.337 e. The van der Waals surface area contributed by atoms with Gasteiger partial charge in [-0.3, -0.25) is 0 Å². The number of hydrogen-bond acceptors (Lipinski definition) is 3. The van der Waals surface area contributed by atoms with Crippen molar-refractivity contribution in [3.05, 3.63) is 29.6 Å². The Bertz CT molecular complexity index is 630. The Morgan fingerprint density at radius 3 is 2.57 bits per heavy atom. The molecule has 0 unspecified atom stereocenters. The van der Waals surface area contributed by atoms with E-state index in [2.05, 4.69) is 35.2 Å². The average molecular weight is 289 g/mol. The van der Waals surface area contributed by atoms with Crippen LogP contribution in [0.3, 0.4) is 0 Å². The zero-order valence-corrected chi connectivity index (χ0v) is 13.0. The molecule has 1 aromatic heterocycles. The Labute approximate surface area is 125 Å². The molecule has 0 aliphatic rings. The van der Waals surface area contributed by atoms with Crippen molar-refractivity contribution in [2.75, 3.05) is 19.6 Å². The predicted octanol–water partition coefficient (Wildman–Crippen LogP) is 2.64. The number of carbonyl (C=O) groups is 1. The van der Waals surface area contributed by atoms with E-state index in [1.54, 1.807) is 12.1 Å². The lowest BCUT2D eigenvalue weighted by Crippen LogP contribution is -2.27. The molecule has 1 N–H and O–H groups in total. The van der Waals surface area contributed by atoms with E-state index in [0.29, 0.717) is 5.52 Å². The number of para-hydroxylation sites is 1. The first-order valence-corrected chi connectivity index (χ1v) is 7.56.